The highest BCUT2D eigenvalue weighted by Crippen LogP contribution is 2.24. The predicted octanol–water partition coefficient (Wildman–Crippen LogP) is 3.40. The largest absolute Gasteiger partial charge is 0.435 e. The van der Waals surface area contributed by atoms with Crippen molar-refractivity contribution in [3.8, 4) is 17.1 Å². The normalized spacial score (nSPS) is 10.8. The minimum absolute atomic E-state index is 0.0451. The van der Waals surface area contributed by atoms with Crippen LogP contribution in [-0.2, 0) is 11.3 Å². The number of benzene rings is 1. The number of carbonyl (C=O) groups is 2. The Morgan fingerprint density at radius 1 is 1.13 bits per heavy atom. The summed E-state index contributed by atoms with van der Waals surface area (Å²) >= 11 is 1.16. The van der Waals surface area contributed by atoms with E-state index < -0.39 is 18.4 Å². The number of pyridine rings is 1. The summed E-state index contributed by atoms with van der Waals surface area (Å²) in [6.07, 6.45) is 4.18. The van der Waals surface area contributed by atoms with Crippen molar-refractivity contribution in [3.63, 3.8) is 0 Å². The van der Waals surface area contributed by atoms with Crippen molar-refractivity contribution in [1.82, 2.24) is 25.1 Å². The van der Waals surface area contributed by atoms with Gasteiger partial charge in [0.05, 0.1) is 5.75 Å². The van der Waals surface area contributed by atoms with Crippen LogP contribution in [0.1, 0.15) is 23.7 Å². The summed E-state index contributed by atoms with van der Waals surface area (Å²) in [5.74, 6) is -0.597. The van der Waals surface area contributed by atoms with Crippen LogP contribution in [0.3, 0.4) is 0 Å². The first kappa shape index (κ1) is 22.3. The molecule has 0 aliphatic heterocycles. The molecule has 0 aliphatic rings. The first-order valence-electron chi connectivity index (χ1n) is 9.33. The molecule has 162 valence electrons. The summed E-state index contributed by atoms with van der Waals surface area (Å²) < 4.78 is 30.5. The highest BCUT2D eigenvalue weighted by atomic mass is 32.2. The van der Waals surface area contributed by atoms with E-state index in [1.165, 1.54) is 24.3 Å². The van der Waals surface area contributed by atoms with E-state index >= 15 is 0 Å². The quantitative estimate of drug-likeness (QED) is 0.502. The number of nitrogens with zero attached hydrogens (tertiary/aromatic N) is 4. The Bertz CT molecular complexity index is 1030. The number of thioether (sulfide) groups is 1. The lowest BCUT2D eigenvalue weighted by atomic mass is 10.2. The number of ether oxygens (including phenoxy) is 1. The number of hydrogen-bond acceptors (Lipinski definition) is 7. The summed E-state index contributed by atoms with van der Waals surface area (Å²) in [5.41, 5.74) is 1.01. The third-order valence-electron chi connectivity index (χ3n) is 4.03. The average Bonchev–Trinajstić information content (AvgIpc) is 3.16. The smallest absolute Gasteiger partial charge is 0.387 e. The zero-order valence-corrected chi connectivity index (χ0v) is 17.3. The maximum Gasteiger partial charge on any atom is 0.387 e. The lowest BCUT2D eigenvalue weighted by Gasteiger charge is -2.09. The van der Waals surface area contributed by atoms with Gasteiger partial charge in [0.15, 0.2) is 11.0 Å². The first-order chi connectivity index (χ1) is 15.0. The Morgan fingerprint density at radius 2 is 1.84 bits per heavy atom. The molecule has 1 aromatic carbocycles. The van der Waals surface area contributed by atoms with Crippen LogP contribution in [0.5, 0.6) is 5.75 Å². The Hall–Kier alpha value is -3.34. The molecule has 31 heavy (non-hydrogen) atoms. The van der Waals surface area contributed by atoms with Gasteiger partial charge in [0, 0.05) is 30.1 Å². The van der Waals surface area contributed by atoms with Crippen molar-refractivity contribution >= 4 is 23.6 Å². The number of alkyl halides is 2. The fraction of sp³-hybridized carbons (Fsp3) is 0.250. The first-order valence-corrected chi connectivity index (χ1v) is 10.3. The van der Waals surface area contributed by atoms with Crippen LogP contribution in [0, 0.1) is 0 Å². The molecular weight excluding hydrogens is 428 g/mol. The van der Waals surface area contributed by atoms with E-state index in [9.17, 15) is 18.4 Å². The second-order valence-electron chi connectivity index (χ2n) is 6.26. The number of halogens is 2. The SMILES string of the molecule is CCCn1c(SCC(=O)NC(=O)c2ccc(OC(F)F)cc2)nnc1-c1ccncc1. The molecule has 0 atom stereocenters. The molecule has 2 aromatic heterocycles. The minimum atomic E-state index is -2.95. The lowest BCUT2D eigenvalue weighted by Crippen LogP contribution is -2.31. The van der Waals surface area contributed by atoms with Gasteiger partial charge in [-0.2, -0.15) is 8.78 Å². The fourth-order valence-electron chi connectivity index (χ4n) is 2.69. The fourth-order valence-corrected chi connectivity index (χ4v) is 3.45. The van der Waals surface area contributed by atoms with Crippen LogP contribution in [0.4, 0.5) is 8.78 Å². The summed E-state index contributed by atoms with van der Waals surface area (Å²) in [7, 11) is 0. The molecule has 11 heteroatoms. The molecule has 0 spiro atoms. The molecule has 0 fully saturated rings. The number of carbonyl (C=O) groups excluding carboxylic acids is 2. The van der Waals surface area contributed by atoms with Gasteiger partial charge in [-0.1, -0.05) is 18.7 Å². The molecule has 0 saturated carbocycles. The van der Waals surface area contributed by atoms with Crippen LogP contribution in [0.2, 0.25) is 0 Å². The van der Waals surface area contributed by atoms with Crippen molar-refractivity contribution in [2.75, 3.05) is 5.75 Å². The van der Waals surface area contributed by atoms with Gasteiger partial charge in [-0.25, -0.2) is 0 Å². The summed E-state index contributed by atoms with van der Waals surface area (Å²) in [6, 6.07) is 8.71. The topological polar surface area (TPSA) is 99.0 Å². The highest BCUT2D eigenvalue weighted by Gasteiger charge is 2.17. The number of rotatable bonds is 9. The van der Waals surface area contributed by atoms with Crippen LogP contribution >= 0.6 is 11.8 Å². The third kappa shape index (κ3) is 6.07. The van der Waals surface area contributed by atoms with Gasteiger partial charge in [-0.15, -0.1) is 10.2 Å². The molecular formula is C20H19F2N5O3S. The minimum Gasteiger partial charge on any atom is -0.435 e. The number of aromatic nitrogens is 4. The van der Waals surface area contributed by atoms with E-state index in [0.717, 1.165) is 23.7 Å². The zero-order chi connectivity index (χ0) is 22.2. The van der Waals surface area contributed by atoms with Crippen LogP contribution in [0.15, 0.2) is 53.9 Å². The number of hydrogen-bond donors (Lipinski definition) is 1. The zero-order valence-electron chi connectivity index (χ0n) is 16.5. The van der Waals surface area contributed by atoms with E-state index in [-0.39, 0.29) is 17.1 Å². The third-order valence-corrected chi connectivity index (χ3v) is 5.00. The molecule has 0 unspecified atom stereocenters. The second kappa shape index (κ2) is 10.6. The molecule has 8 nitrogen and oxygen atoms in total. The highest BCUT2D eigenvalue weighted by molar-refractivity contribution is 7.99. The molecule has 0 saturated heterocycles. The van der Waals surface area contributed by atoms with E-state index in [0.29, 0.717) is 17.5 Å². The van der Waals surface area contributed by atoms with Crippen molar-refractivity contribution < 1.29 is 23.1 Å². The summed E-state index contributed by atoms with van der Waals surface area (Å²) in [5, 5.41) is 11.2. The molecule has 1 N–H and O–H groups in total. The van der Waals surface area contributed by atoms with Crippen LogP contribution < -0.4 is 10.1 Å². The van der Waals surface area contributed by atoms with Gasteiger partial charge < -0.3 is 9.30 Å². The Kier molecular flexibility index (Phi) is 7.65. The maximum atomic E-state index is 12.2. The van der Waals surface area contributed by atoms with Crippen molar-refractivity contribution in [2.24, 2.45) is 0 Å². The van der Waals surface area contributed by atoms with Crippen molar-refractivity contribution in [1.29, 1.82) is 0 Å². The molecule has 0 aliphatic carbocycles. The van der Waals surface area contributed by atoms with Crippen LogP contribution in [-0.4, -0.2) is 43.9 Å². The summed E-state index contributed by atoms with van der Waals surface area (Å²) in [6.45, 7) is -0.263. The monoisotopic (exact) mass is 447 g/mol. The Balaban J connectivity index is 1.60. The maximum absolute atomic E-state index is 12.2. The van der Waals surface area contributed by atoms with E-state index in [1.54, 1.807) is 12.4 Å². The number of amides is 2. The average molecular weight is 447 g/mol. The van der Waals surface area contributed by atoms with Gasteiger partial charge in [0.2, 0.25) is 5.91 Å². The van der Waals surface area contributed by atoms with Gasteiger partial charge in [-0.05, 0) is 42.8 Å². The van der Waals surface area contributed by atoms with Gasteiger partial charge in [-0.3, -0.25) is 19.9 Å². The molecule has 0 bridgehead atoms. The second-order valence-corrected chi connectivity index (χ2v) is 7.21. The van der Waals surface area contributed by atoms with E-state index in [4.69, 9.17) is 0 Å². The molecule has 0 radical (unpaired) electrons. The number of imide groups is 1. The van der Waals surface area contributed by atoms with Crippen molar-refractivity contribution in [3.05, 3.63) is 54.4 Å². The Morgan fingerprint density at radius 3 is 2.48 bits per heavy atom. The Labute approximate surface area is 181 Å². The number of nitrogens with one attached hydrogen (secondary N) is 1. The van der Waals surface area contributed by atoms with Crippen LogP contribution in [0.25, 0.3) is 11.4 Å². The lowest BCUT2D eigenvalue weighted by molar-refractivity contribution is -0.117. The molecule has 2 heterocycles. The van der Waals surface area contributed by atoms with E-state index in [2.05, 4.69) is 25.2 Å². The van der Waals surface area contributed by atoms with Gasteiger partial charge >= 0.3 is 6.61 Å². The van der Waals surface area contributed by atoms with Gasteiger partial charge in [0.25, 0.3) is 5.91 Å². The molecule has 3 rings (SSSR count). The van der Waals surface area contributed by atoms with Crippen molar-refractivity contribution in [2.45, 2.75) is 31.7 Å². The van der Waals surface area contributed by atoms with Gasteiger partial charge in [0.1, 0.15) is 5.75 Å². The predicted molar refractivity (Wildman–Crippen MR) is 110 cm³/mol. The molecule has 3 aromatic rings. The summed E-state index contributed by atoms with van der Waals surface area (Å²) in [4.78, 5) is 28.4. The molecule has 2 amide bonds. The van der Waals surface area contributed by atoms with E-state index in [1.807, 2.05) is 23.6 Å². The standard InChI is InChI=1S/C20H19F2N5O3S/c1-2-11-27-17(13-7-9-23-10-8-13)25-26-20(27)31-12-16(28)24-18(29)14-3-5-15(6-4-14)30-19(21)22/h3-10,19H,2,11-12H2,1H3,(H,24,28,29).